The molecule has 0 bridgehead atoms. The van der Waals surface area contributed by atoms with Crippen LogP contribution in [-0.4, -0.2) is 28.3 Å². The van der Waals surface area contributed by atoms with E-state index in [-0.39, 0.29) is 22.8 Å². The molecule has 0 spiro atoms. The Kier molecular flexibility index (Phi) is 5.52. The van der Waals surface area contributed by atoms with E-state index >= 15 is 0 Å². The minimum absolute atomic E-state index is 0.175. The van der Waals surface area contributed by atoms with Gasteiger partial charge in [-0.05, 0) is 61.1 Å². The molecule has 2 amide bonds. The number of anilines is 1. The third-order valence-corrected chi connectivity index (χ3v) is 4.95. The van der Waals surface area contributed by atoms with Gasteiger partial charge in [0.15, 0.2) is 4.77 Å². The molecule has 0 saturated carbocycles. The first-order valence-corrected chi connectivity index (χ1v) is 9.14. The molecule has 4 N–H and O–H groups in total. The number of amides is 2. The average Bonchev–Trinajstić information content (AvgIpc) is 2.62. The van der Waals surface area contributed by atoms with Crippen LogP contribution in [0, 0.1) is 11.7 Å². The largest absolute Gasteiger partial charge is 0.343 e. The molecule has 0 atom stereocenters. The second-order valence-electron chi connectivity index (χ2n) is 5.86. The number of aryl methyl sites for hydroxylation is 1. The van der Waals surface area contributed by atoms with Crippen molar-refractivity contribution in [3.05, 3.63) is 67.1 Å². The summed E-state index contributed by atoms with van der Waals surface area (Å²) >= 11 is 8.33. The van der Waals surface area contributed by atoms with E-state index in [9.17, 15) is 14.4 Å². The van der Waals surface area contributed by atoms with Crippen LogP contribution in [0.1, 0.15) is 15.9 Å². The predicted molar refractivity (Wildman–Crippen MR) is 110 cm³/mol. The number of H-pyrrole nitrogens is 2. The van der Waals surface area contributed by atoms with Crippen LogP contribution in [0.15, 0.2) is 45.7 Å². The van der Waals surface area contributed by atoms with Crippen molar-refractivity contribution < 1.29 is 9.59 Å². The van der Waals surface area contributed by atoms with Gasteiger partial charge in [-0.2, -0.15) is 0 Å². The second-order valence-corrected chi connectivity index (χ2v) is 7.13. The number of aromatic amines is 2. The first kappa shape index (κ1) is 19.0. The predicted octanol–water partition coefficient (Wildman–Crippen LogP) is 3.03. The molecular weight excluding hydrogens is 432 g/mol. The lowest BCUT2D eigenvalue weighted by Crippen LogP contribution is -2.32. The number of fused-ring (bicyclic) bond motifs is 1. The summed E-state index contributed by atoms with van der Waals surface area (Å²) in [7, 11) is 0. The van der Waals surface area contributed by atoms with E-state index in [1.165, 1.54) is 18.2 Å². The van der Waals surface area contributed by atoms with Gasteiger partial charge in [0.2, 0.25) is 5.91 Å². The summed E-state index contributed by atoms with van der Waals surface area (Å²) in [6.07, 6.45) is 0. The zero-order valence-electron chi connectivity index (χ0n) is 14.2. The summed E-state index contributed by atoms with van der Waals surface area (Å²) in [6.45, 7) is 1.73. The van der Waals surface area contributed by atoms with Crippen LogP contribution in [-0.2, 0) is 4.79 Å². The van der Waals surface area contributed by atoms with Crippen molar-refractivity contribution in [3.63, 3.8) is 0 Å². The second kappa shape index (κ2) is 7.85. The fourth-order valence-corrected chi connectivity index (χ4v) is 2.95. The summed E-state index contributed by atoms with van der Waals surface area (Å²) in [5.41, 5.74) is 2.06. The SMILES string of the molecule is Cc1cc(NC(=O)CNC(=O)c2ccc3c(=O)[nH]c(=S)[nH]c3c2)ccc1Br. The molecule has 7 nitrogen and oxygen atoms in total. The Hall–Kier alpha value is -2.78. The van der Waals surface area contributed by atoms with Gasteiger partial charge in [-0.25, -0.2) is 0 Å². The molecule has 27 heavy (non-hydrogen) atoms. The number of aromatic nitrogens is 2. The van der Waals surface area contributed by atoms with Crippen LogP contribution in [0.2, 0.25) is 0 Å². The van der Waals surface area contributed by atoms with Crippen LogP contribution in [0.25, 0.3) is 10.9 Å². The van der Waals surface area contributed by atoms with Gasteiger partial charge >= 0.3 is 0 Å². The minimum Gasteiger partial charge on any atom is -0.343 e. The maximum atomic E-state index is 12.3. The van der Waals surface area contributed by atoms with Crippen molar-refractivity contribution in [3.8, 4) is 0 Å². The molecule has 0 aliphatic heterocycles. The van der Waals surface area contributed by atoms with Crippen LogP contribution in [0.5, 0.6) is 0 Å². The molecule has 9 heteroatoms. The summed E-state index contributed by atoms with van der Waals surface area (Å²) in [5, 5.41) is 5.67. The lowest BCUT2D eigenvalue weighted by Gasteiger charge is -2.09. The summed E-state index contributed by atoms with van der Waals surface area (Å²) in [6, 6.07) is 9.99. The van der Waals surface area contributed by atoms with E-state index < -0.39 is 5.91 Å². The maximum absolute atomic E-state index is 12.3. The number of hydrogen-bond acceptors (Lipinski definition) is 4. The number of carbonyl (C=O) groups excluding carboxylic acids is 2. The first-order valence-electron chi connectivity index (χ1n) is 7.94. The highest BCUT2D eigenvalue weighted by atomic mass is 79.9. The van der Waals surface area contributed by atoms with E-state index in [0.29, 0.717) is 22.2 Å². The molecule has 0 saturated heterocycles. The highest BCUT2D eigenvalue weighted by molar-refractivity contribution is 9.10. The van der Waals surface area contributed by atoms with E-state index in [0.717, 1.165) is 10.0 Å². The molecule has 3 rings (SSSR count). The summed E-state index contributed by atoms with van der Waals surface area (Å²) in [4.78, 5) is 41.5. The van der Waals surface area contributed by atoms with E-state index in [1.54, 1.807) is 6.07 Å². The topological polar surface area (TPSA) is 107 Å². The van der Waals surface area contributed by atoms with Crippen LogP contribution < -0.4 is 16.2 Å². The van der Waals surface area contributed by atoms with Crippen molar-refractivity contribution in [2.75, 3.05) is 11.9 Å². The number of carbonyl (C=O) groups is 2. The van der Waals surface area contributed by atoms with Crippen molar-refractivity contribution in [2.45, 2.75) is 6.92 Å². The van der Waals surface area contributed by atoms with Crippen LogP contribution in [0.4, 0.5) is 5.69 Å². The molecule has 0 aliphatic rings. The lowest BCUT2D eigenvalue weighted by molar-refractivity contribution is -0.115. The molecule has 1 aromatic heterocycles. The van der Waals surface area contributed by atoms with Gasteiger partial charge in [-0.1, -0.05) is 15.9 Å². The highest BCUT2D eigenvalue weighted by Gasteiger charge is 2.10. The standard InChI is InChI=1S/C18H15BrN4O3S/c1-9-6-11(3-5-13(9)19)21-15(24)8-20-16(25)10-2-4-12-14(7-10)22-18(27)23-17(12)26/h2-7H,8H2,1H3,(H,20,25)(H,21,24)(H2,22,23,26,27). The van der Waals surface area contributed by atoms with Crippen molar-refractivity contribution in [1.82, 2.24) is 15.3 Å². The van der Waals surface area contributed by atoms with Gasteiger partial charge in [0.1, 0.15) is 0 Å². The molecule has 0 aliphatic carbocycles. The molecular formula is C18H15BrN4O3S. The molecule has 0 radical (unpaired) electrons. The van der Waals surface area contributed by atoms with Crippen molar-refractivity contribution in [2.24, 2.45) is 0 Å². The fraction of sp³-hybridized carbons (Fsp3) is 0.111. The molecule has 0 unspecified atom stereocenters. The number of benzene rings is 2. The Morgan fingerprint density at radius 3 is 2.67 bits per heavy atom. The fourth-order valence-electron chi connectivity index (χ4n) is 2.50. The lowest BCUT2D eigenvalue weighted by atomic mass is 10.1. The molecule has 1 heterocycles. The summed E-state index contributed by atoms with van der Waals surface area (Å²) < 4.78 is 1.12. The zero-order valence-corrected chi connectivity index (χ0v) is 16.6. The normalized spacial score (nSPS) is 10.6. The minimum atomic E-state index is -0.432. The van der Waals surface area contributed by atoms with Gasteiger partial charge in [0.25, 0.3) is 11.5 Å². The smallest absolute Gasteiger partial charge is 0.259 e. The first-order chi connectivity index (χ1) is 12.8. The van der Waals surface area contributed by atoms with Gasteiger partial charge in [-0.15, -0.1) is 0 Å². The number of halogens is 1. The van der Waals surface area contributed by atoms with E-state index in [2.05, 4.69) is 36.5 Å². The number of rotatable bonds is 4. The van der Waals surface area contributed by atoms with Crippen molar-refractivity contribution in [1.29, 1.82) is 0 Å². The Labute approximate surface area is 167 Å². The van der Waals surface area contributed by atoms with E-state index in [1.807, 2.05) is 19.1 Å². The third-order valence-electron chi connectivity index (χ3n) is 3.85. The quantitative estimate of drug-likeness (QED) is 0.462. The van der Waals surface area contributed by atoms with Crippen LogP contribution in [0.3, 0.4) is 0 Å². The van der Waals surface area contributed by atoms with Gasteiger partial charge in [0, 0.05) is 15.7 Å². The Balaban J connectivity index is 1.67. The molecule has 3 aromatic rings. The number of nitrogens with one attached hydrogen (secondary N) is 4. The monoisotopic (exact) mass is 446 g/mol. The van der Waals surface area contributed by atoms with Gasteiger partial charge < -0.3 is 15.6 Å². The summed E-state index contributed by atoms with van der Waals surface area (Å²) in [5.74, 6) is -0.777. The van der Waals surface area contributed by atoms with E-state index in [4.69, 9.17) is 12.2 Å². The van der Waals surface area contributed by atoms with Crippen LogP contribution >= 0.6 is 28.1 Å². The Morgan fingerprint density at radius 1 is 1.15 bits per heavy atom. The highest BCUT2D eigenvalue weighted by Crippen LogP contribution is 2.19. The number of hydrogen-bond donors (Lipinski definition) is 4. The Bertz CT molecular complexity index is 1170. The third kappa shape index (κ3) is 4.50. The zero-order chi connectivity index (χ0) is 19.6. The maximum Gasteiger partial charge on any atom is 0.259 e. The van der Waals surface area contributed by atoms with Crippen molar-refractivity contribution >= 4 is 56.6 Å². The molecule has 0 fully saturated rings. The van der Waals surface area contributed by atoms with Gasteiger partial charge in [0.05, 0.1) is 17.4 Å². The van der Waals surface area contributed by atoms with Gasteiger partial charge in [-0.3, -0.25) is 19.4 Å². The Morgan fingerprint density at radius 2 is 1.93 bits per heavy atom. The molecule has 138 valence electrons. The average molecular weight is 447 g/mol. The molecule has 2 aromatic carbocycles.